The maximum atomic E-state index is 13.3. The van der Waals surface area contributed by atoms with Crippen molar-refractivity contribution >= 4 is 35.4 Å². The second kappa shape index (κ2) is 8.94. The third-order valence-corrected chi connectivity index (χ3v) is 5.42. The molecule has 1 amide bonds. The van der Waals surface area contributed by atoms with E-state index in [0.717, 1.165) is 10.4 Å². The van der Waals surface area contributed by atoms with Crippen LogP contribution in [0.25, 0.3) is 10.7 Å². The van der Waals surface area contributed by atoms with E-state index >= 15 is 0 Å². The van der Waals surface area contributed by atoms with E-state index in [4.69, 9.17) is 17.0 Å². The number of carbonyl (C=O) groups excluding carboxylic acids is 2. The van der Waals surface area contributed by atoms with E-state index in [-0.39, 0.29) is 12.5 Å². The largest absolute Gasteiger partial charge is 0.468 e. The van der Waals surface area contributed by atoms with Crippen LogP contribution in [-0.2, 0) is 20.9 Å². The molecule has 0 aliphatic heterocycles. The Labute approximate surface area is 171 Å². The molecule has 1 N–H and O–H groups in total. The zero-order valence-corrected chi connectivity index (χ0v) is 17.1. The molecule has 146 valence electrons. The van der Waals surface area contributed by atoms with Gasteiger partial charge in [-0.2, -0.15) is 5.10 Å². The van der Waals surface area contributed by atoms with Gasteiger partial charge in [-0.1, -0.05) is 36.4 Å². The molecule has 0 spiro atoms. The number of amides is 1. The average Bonchev–Trinajstić information content (AvgIpc) is 3.36. The summed E-state index contributed by atoms with van der Waals surface area (Å²) in [5.74, 6) is -0.131. The zero-order valence-electron chi connectivity index (χ0n) is 15.5. The van der Waals surface area contributed by atoms with Crippen LogP contribution in [0, 0.1) is 4.77 Å². The van der Waals surface area contributed by atoms with Crippen LogP contribution < -0.4 is 0 Å². The highest BCUT2D eigenvalue weighted by Gasteiger charge is 2.27. The van der Waals surface area contributed by atoms with Crippen molar-refractivity contribution in [1.29, 1.82) is 0 Å². The number of carbonyl (C=O) groups is 2. The molecule has 1 atom stereocenters. The molecule has 3 rings (SSSR count). The zero-order chi connectivity index (χ0) is 20.1. The van der Waals surface area contributed by atoms with E-state index < -0.39 is 12.0 Å². The van der Waals surface area contributed by atoms with Gasteiger partial charge < -0.3 is 9.64 Å². The molecule has 2 aromatic heterocycles. The van der Waals surface area contributed by atoms with E-state index in [1.165, 1.54) is 23.3 Å². The minimum atomic E-state index is -0.642. The van der Waals surface area contributed by atoms with E-state index in [1.807, 2.05) is 47.8 Å². The molecular formula is C19H20N4O3S2. The predicted octanol–water partition coefficient (Wildman–Crippen LogP) is 3.43. The van der Waals surface area contributed by atoms with Crippen LogP contribution >= 0.6 is 23.6 Å². The first-order valence-corrected chi connectivity index (χ1v) is 9.90. The summed E-state index contributed by atoms with van der Waals surface area (Å²) in [5, 5.41) is 8.97. The van der Waals surface area contributed by atoms with Gasteiger partial charge in [0.2, 0.25) is 5.91 Å². The number of thiophene rings is 1. The summed E-state index contributed by atoms with van der Waals surface area (Å²) >= 11 is 6.87. The van der Waals surface area contributed by atoms with Crippen LogP contribution in [0.1, 0.15) is 18.5 Å². The number of hydrogen-bond donors (Lipinski definition) is 1. The minimum absolute atomic E-state index is 0.145. The Bertz CT molecular complexity index is 996. The molecule has 0 radical (unpaired) electrons. The first-order valence-electron chi connectivity index (χ1n) is 8.61. The summed E-state index contributed by atoms with van der Waals surface area (Å²) in [5.41, 5.74) is 0.918. The van der Waals surface area contributed by atoms with Gasteiger partial charge in [0.15, 0.2) is 10.6 Å². The normalized spacial score (nSPS) is 11.8. The molecular weight excluding hydrogens is 396 g/mol. The maximum Gasteiger partial charge on any atom is 0.325 e. The second-order valence-electron chi connectivity index (χ2n) is 6.13. The summed E-state index contributed by atoms with van der Waals surface area (Å²) in [4.78, 5) is 27.5. The van der Waals surface area contributed by atoms with Gasteiger partial charge in [-0.25, -0.2) is 0 Å². The smallest absolute Gasteiger partial charge is 0.325 e. The van der Waals surface area contributed by atoms with Crippen molar-refractivity contribution < 1.29 is 14.3 Å². The SMILES string of the molecule is COC(=O)CN(Cc1ccccc1)C(=O)C(C)n1c(-c2cccs2)n[nH]c1=S. The van der Waals surface area contributed by atoms with E-state index in [2.05, 4.69) is 10.2 Å². The summed E-state index contributed by atoms with van der Waals surface area (Å²) in [6.07, 6.45) is 0. The number of hydrogen-bond acceptors (Lipinski definition) is 6. The fraction of sp³-hybridized carbons (Fsp3) is 0.263. The minimum Gasteiger partial charge on any atom is -0.468 e. The van der Waals surface area contributed by atoms with Crippen LogP contribution in [0.5, 0.6) is 0 Å². The van der Waals surface area contributed by atoms with Gasteiger partial charge in [0.05, 0.1) is 12.0 Å². The van der Waals surface area contributed by atoms with E-state index in [0.29, 0.717) is 17.1 Å². The first-order chi connectivity index (χ1) is 13.5. The molecule has 0 fully saturated rings. The highest BCUT2D eigenvalue weighted by molar-refractivity contribution is 7.71. The van der Waals surface area contributed by atoms with Crippen molar-refractivity contribution in [1.82, 2.24) is 19.7 Å². The number of aromatic amines is 1. The Balaban J connectivity index is 1.91. The number of aromatic nitrogens is 3. The fourth-order valence-electron chi connectivity index (χ4n) is 2.85. The molecule has 0 bridgehead atoms. The topological polar surface area (TPSA) is 80.2 Å². The number of rotatable bonds is 7. The Morgan fingerprint density at radius 3 is 2.68 bits per heavy atom. The first kappa shape index (κ1) is 20.0. The Morgan fingerprint density at radius 1 is 1.29 bits per heavy atom. The van der Waals surface area contributed by atoms with Crippen LogP contribution in [-0.4, -0.2) is 45.2 Å². The summed E-state index contributed by atoms with van der Waals surface area (Å²) in [6, 6.07) is 12.7. The third-order valence-electron chi connectivity index (χ3n) is 4.27. The van der Waals surface area contributed by atoms with Gasteiger partial charge in [0, 0.05) is 6.54 Å². The Hall–Kier alpha value is -2.78. The predicted molar refractivity (Wildman–Crippen MR) is 109 cm³/mol. The fourth-order valence-corrected chi connectivity index (χ4v) is 3.85. The van der Waals surface area contributed by atoms with Gasteiger partial charge >= 0.3 is 5.97 Å². The molecule has 2 heterocycles. The maximum absolute atomic E-state index is 13.3. The lowest BCUT2D eigenvalue weighted by Crippen LogP contribution is -2.39. The molecule has 0 saturated heterocycles. The number of nitrogens with zero attached hydrogens (tertiary/aromatic N) is 3. The molecule has 1 unspecified atom stereocenters. The molecule has 7 nitrogen and oxygen atoms in total. The van der Waals surface area contributed by atoms with Gasteiger partial charge in [-0.3, -0.25) is 19.3 Å². The monoisotopic (exact) mass is 416 g/mol. The van der Waals surface area contributed by atoms with Gasteiger partial charge in [0.25, 0.3) is 0 Å². The lowest BCUT2D eigenvalue weighted by molar-refractivity contribution is -0.148. The second-order valence-corrected chi connectivity index (χ2v) is 7.47. The van der Waals surface area contributed by atoms with Crippen LogP contribution in [0.3, 0.4) is 0 Å². The average molecular weight is 417 g/mol. The van der Waals surface area contributed by atoms with Crippen molar-refractivity contribution in [2.75, 3.05) is 13.7 Å². The standard InChI is InChI=1S/C19H20N4O3S2/c1-13(23-17(20-21-19(23)27)15-9-6-10-28-15)18(25)22(12-16(24)26-2)11-14-7-4-3-5-8-14/h3-10,13H,11-12H2,1-2H3,(H,21,27). The third kappa shape index (κ3) is 4.37. The molecule has 28 heavy (non-hydrogen) atoms. The van der Waals surface area contributed by atoms with Crippen LogP contribution in [0.4, 0.5) is 0 Å². The van der Waals surface area contributed by atoms with Crippen molar-refractivity contribution in [2.24, 2.45) is 0 Å². The number of methoxy groups -OCH3 is 1. The number of nitrogens with one attached hydrogen (secondary N) is 1. The van der Waals surface area contributed by atoms with Crippen molar-refractivity contribution in [3.8, 4) is 10.7 Å². The summed E-state index contributed by atoms with van der Waals surface area (Å²) in [6.45, 7) is 1.90. The lowest BCUT2D eigenvalue weighted by Gasteiger charge is -2.26. The van der Waals surface area contributed by atoms with Gasteiger partial charge in [-0.05, 0) is 36.2 Å². The molecule has 0 aliphatic carbocycles. The molecule has 3 aromatic rings. The lowest BCUT2D eigenvalue weighted by atomic mass is 10.2. The molecule has 9 heteroatoms. The Morgan fingerprint density at radius 2 is 2.04 bits per heavy atom. The van der Waals surface area contributed by atoms with Crippen molar-refractivity contribution in [3.63, 3.8) is 0 Å². The number of esters is 1. The van der Waals surface area contributed by atoms with Gasteiger partial charge in [0.1, 0.15) is 12.6 Å². The highest BCUT2D eigenvalue weighted by Crippen LogP contribution is 2.26. The van der Waals surface area contributed by atoms with E-state index in [9.17, 15) is 9.59 Å². The van der Waals surface area contributed by atoms with Crippen LogP contribution in [0.2, 0.25) is 0 Å². The number of H-pyrrole nitrogens is 1. The molecule has 0 aliphatic rings. The molecule has 1 aromatic carbocycles. The number of benzene rings is 1. The highest BCUT2D eigenvalue weighted by atomic mass is 32.1. The van der Waals surface area contributed by atoms with Crippen molar-refractivity contribution in [3.05, 3.63) is 58.2 Å². The Kier molecular flexibility index (Phi) is 6.37. The van der Waals surface area contributed by atoms with Crippen molar-refractivity contribution in [2.45, 2.75) is 19.5 Å². The quantitative estimate of drug-likeness (QED) is 0.471. The van der Waals surface area contributed by atoms with Gasteiger partial charge in [-0.15, -0.1) is 11.3 Å². The van der Waals surface area contributed by atoms with Crippen LogP contribution in [0.15, 0.2) is 47.8 Å². The van der Waals surface area contributed by atoms with E-state index in [1.54, 1.807) is 11.5 Å². The summed E-state index contributed by atoms with van der Waals surface area (Å²) in [7, 11) is 1.30. The summed E-state index contributed by atoms with van der Waals surface area (Å²) < 4.78 is 6.80. The number of ether oxygens (including phenoxy) is 1. The molecule has 0 saturated carbocycles.